The number of nitrogens with one attached hydrogen (secondary N) is 1. The lowest BCUT2D eigenvalue weighted by molar-refractivity contribution is 0.0919. The van der Waals surface area contributed by atoms with Gasteiger partial charge in [0.15, 0.2) is 0 Å². The van der Waals surface area contributed by atoms with Crippen LogP contribution in [0.2, 0.25) is 0 Å². The molecular weight excluding hydrogens is 428 g/mol. The number of aromatic nitrogens is 5. The van der Waals surface area contributed by atoms with Crippen LogP contribution in [-0.4, -0.2) is 30.2 Å². The number of hydrogen-bond donors (Lipinski definition) is 1. The molecule has 6 rings (SSSR count). The summed E-state index contributed by atoms with van der Waals surface area (Å²) in [5, 5.41) is 7.74. The number of rotatable bonds is 5. The van der Waals surface area contributed by atoms with Crippen molar-refractivity contribution in [1.29, 1.82) is 0 Å². The van der Waals surface area contributed by atoms with Crippen LogP contribution in [0.3, 0.4) is 0 Å². The maximum Gasteiger partial charge on any atom is 0.291 e. The van der Waals surface area contributed by atoms with Crippen molar-refractivity contribution in [2.45, 2.75) is 37.3 Å². The van der Waals surface area contributed by atoms with E-state index in [0.717, 1.165) is 42.6 Å². The van der Waals surface area contributed by atoms with E-state index in [2.05, 4.69) is 32.5 Å². The van der Waals surface area contributed by atoms with Gasteiger partial charge in [0.05, 0.1) is 23.5 Å². The van der Waals surface area contributed by atoms with Crippen molar-refractivity contribution in [3.05, 3.63) is 100 Å². The molecule has 34 heavy (non-hydrogen) atoms. The van der Waals surface area contributed by atoms with Gasteiger partial charge in [0.1, 0.15) is 5.82 Å². The predicted octanol–water partition coefficient (Wildman–Crippen LogP) is 2.99. The molecule has 1 aliphatic heterocycles. The highest BCUT2D eigenvalue weighted by Gasteiger charge is 2.46. The van der Waals surface area contributed by atoms with Crippen molar-refractivity contribution in [1.82, 2.24) is 29.6 Å². The minimum Gasteiger partial charge on any atom is -0.340 e. The Hall–Kier alpha value is -4.07. The number of nitrogens with zero attached hydrogens (tertiary/aromatic N) is 5. The standard InChI is InChI=1S/C26H24N6O2/c1-31-16-27-15-20(25(31)34)17-7-9-19(10-8-17)26(13-14-26)29-24(33)23-28-22-12-11-21(32(22)30-23)18-5-3-2-4-6-18/h2-10,15-16,21H,11-14H2,1H3,(H,29,33)/t21-/m1/s1. The van der Waals surface area contributed by atoms with Gasteiger partial charge in [-0.1, -0.05) is 54.6 Å². The second-order valence-electron chi connectivity index (χ2n) is 9.10. The van der Waals surface area contributed by atoms with E-state index in [1.165, 1.54) is 16.5 Å². The third-order valence-electron chi connectivity index (χ3n) is 6.87. The summed E-state index contributed by atoms with van der Waals surface area (Å²) in [6, 6.07) is 18.1. The van der Waals surface area contributed by atoms with Gasteiger partial charge in [-0.15, -0.1) is 5.10 Å². The maximum absolute atomic E-state index is 13.1. The molecule has 2 aliphatic rings. The normalized spacial score (nSPS) is 17.9. The summed E-state index contributed by atoms with van der Waals surface area (Å²) >= 11 is 0. The first kappa shape index (κ1) is 20.5. The van der Waals surface area contributed by atoms with Crippen molar-refractivity contribution in [2.75, 3.05) is 0 Å². The molecule has 2 aromatic carbocycles. The van der Waals surface area contributed by atoms with Gasteiger partial charge in [-0.2, -0.15) is 0 Å². The zero-order chi connectivity index (χ0) is 23.3. The van der Waals surface area contributed by atoms with E-state index >= 15 is 0 Å². The molecule has 8 heteroatoms. The highest BCUT2D eigenvalue weighted by atomic mass is 16.2. The zero-order valence-electron chi connectivity index (χ0n) is 18.8. The summed E-state index contributed by atoms with van der Waals surface area (Å²) in [7, 11) is 1.68. The van der Waals surface area contributed by atoms with Gasteiger partial charge in [0, 0.05) is 19.7 Å². The second kappa shape index (κ2) is 7.76. The maximum atomic E-state index is 13.1. The van der Waals surface area contributed by atoms with Crippen LogP contribution in [0.15, 0.2) is 71.9 Å². The SMILES string of the molecule is Cn1cncc(-c2ccc(C3(NC(=O)c4nc5n(n4)[C@@H](c4ccccc4)CC5)CC3)cc2)c1=O. The summed E-state index contributed by atoms with van der Waals surface area (Å²) < 4.78 is 3.36. The summed E-state index contributed by atoms with van der Waals surface area (Å²) in [6.45, 7) is 0. The zero-order valence-corrected chi connectivity index (χ0v) is 18.8. The van der Waals surface area contributed by atoms with Gasteiger partial charge in [0.2, 0.25) is 5.82 Å². The average Bonchev–Trinajstić information content (AvgIpc) is 3.33. The van der Waals surface area contributed by atoms with Gasteiger partial charge >= 0.3 is 0 Å². The minimum absolute atomic E-state index is 0.0927. The first-order valence-electron chi connectivity index (χ1n) is 11.5. The molecule has 0 bridgehead atoms. The molecule has 2 aromatic heterocycles. The number of hydrogen-bond acceptors (Lipinski definition) is 5. The molecule has 3 heterocycles. The third-order valence-corrected chi connectivity index (χ3v) is 6.87. The predicted molar refractivity (Wildman–Crippen MR) is 126 cm³/mol. The highest BCUT2D eigenvalue weighted by Crippen LogP contribution is 2.46. The molecule has 1 amide bonds. The molecule has 1 saturated carbocycles. The highest BCUT2D eigenvalue weighted by molar-refractivity contribution is 5.91. The number of aryl methyl sites for hydroxylation is 2. The van der Waals surface area contributed by atoms with Gasteiger partial charge in [0.25, 0.3) is 11.5 Å². The number of benzene rings is 2. The molecule has 0 radical (unpaired) electrons. The van der Waals surface area contributed by atoms with Crippen molar-refractivity contribution in [3.8, 4) is 11.1 Å². The van der Waals surface area contributed by atoms with E-state index in [0.29, 0.717) is 5.56 Å². The van der Waals surface area contributed by atoms with E-state index in [1.807, 2.05) is 47.1 Å². The average molecular weight is 453 g/mol. The number of fused-ring (bicyclic) bond motifs is 1. The van der Waals surface area contributed by atoms with Gasteiger partial charge < -0.3 is 9.88 Å². The Balaban J connectivity index is 1.21. The van der Waals surface area contributed by atoms with Crippen LogP contribution >= 0.6 is 0 Å². The lowest BCUT2D eigenvalue weighted by Gasteiger charge is -2.17. The first-order chi connectivity index (χ1) is 16.5. The Morgan fingerprint density at radius 1 is 1.09 bits per heavy atom. The molecule has 0 spiro atoms. The number of carbonyl (C=O) groups is 1. The van der Waals surface area contributed by atoms with Crippen LogP contribution in [0.25, 0.3) is 11.1 Å². The lowest BCUT2D eigenvalue weighted by Crippen LogP contribution is -2.35. The number of carbonyl (C=O) groups excluding carboxylic acids is 1. The molecule has 4 aromatic rings. The van der Waals surface area contributed by atoms with Crippen LogP contribution in [0, 0.1) is 0 Å². The topological polar surface area (TPSA) is 94.7 Å². The van der Waals surface area contributed by atoms with Crippen molar-refractivity contribution in [3.63, 3.8) is 0 Å². The van der Waals surface area contributed by atoms with E-state index in [9.17, 15) is 9.59 Å². The van der Waals surface area contributed by atoms with Crippen molar-refractivity contribution >= 4 is 5.91 Å². The minimum atomic E-state index is -0.413. The lowest BCUT2D eigenvalue weighted by atomic mass is 10.0. The molecule has 1 aliphatic carbocycles. The van der Waals surface area contributed by atoms with E-state index < -0.39 is 5.54 Å². The number of amides is 1. The second-order valence-corrected chi connectivity index (χ2v) is 9.10. The summed E-state index contributed by atoms with van der Waals surface area (Å²) in [4.78, 5) is 34.1. The van der Waals surface area contributed by atoms with E-state index in [4.69, 9.17) is 0 Å². The van der Waals surface area contributed by atoms with Gasteiger partial charge in [-0.05, 0) is 36.0 Å². The molecule has 170 valence electrons. The molecule has 1 N–H and O–H groups in total. The van der Waals surface area contributed by atoms with Crippen LogP contribution in [0.1, 0.15) is 52.9 Å². The fraction of sp³-hybridized carbons (Fsp3) is 0.269. The third kappa shape index (κ3) is 3.42. The molecule has 8 nitrogen and oxygen atoms in total. The fourth-order valence-corrected chi connectivity index (χ4v) is 4.80. The van der Waals surface area contributed by atoms with Crippen LogP contribution in [0.5, 0.6) is 0 Å². The Morgan fingerprint density at radius 3 is 2.59 bits per heavy atom. The Bertz CT molecular complexity index is 1430. The van der Waals surface area contributed by atoms with E-state index in [1.54, 1.807) is 13.2 Å². The Kier molecular flexibility index (Phi) is 4.69. The van der Waals surface area contributed by atoms with Gasteiger partial charge in [-0.3, -0.25) is 9.59 Å². The molecule has 1 fully saturated rings. The van der Waals surface area contributed by atoms with Crippen LogP contribution in [0.4, 0.5) is 0 Å². The monoisotopic (exact) mass is 452 g/mol. The molecular formula is C26H24N6O2. The van der Waals surface area contributed by atoms with E-state index in [-0.39, 0.29) is 23.3 Å². The Morgan fingerprint density at radius 2 is 1.85 bits per heavy atom. The fourth-order valence-electron chi connectivity index (χ4n) is 4.80. The van der Waals surface area contributed by atoms with Gasteiger partial charge in [-0.25, -0.2) is 14.6 Å². The quantitative estimate of drug-likeness (QED) is 0.502. The smallest absolute Gasteiger partial charge is 0.291 e. The summed E-state index contributed by atoms with van der Waals surface area (Å²) in [6.07, 6.45) is 6.53. The molecule has 0 saturated heterocycles. The largest absolute Gasteiger partial charge is 0.340 e. The first-order valence-corrected chi connectivity index (χ1v) is 11.5. The van der Waals surface area contributed by atoms with Crippen molar-refractivity contribution in [2.24, 2.45) is 7.05 Å². The summed E-state index contributed by atoms with van der Waals surface area (Å²) in [5.74, 6) is 0.819. The summed E-state index contributed by atoms with van der Waals surface area (Å²) in [5.41, 5.74) is 3.04. The molecule has 0 unspecified atom stereocenters. The van der Waals surface area contributed by atoms with Crippen molar-refractivity contribution < 1.29 is 4.79 Å². The van der Waals surface area contributed by atoms with Crippen LogP contribution < -0.4 is 10.9 Å². The Labute approximate surface area is 196 Å². The van der Waals surface area contributed by atoms with Crippen LogP contribution in [-0.2, 0) is 19.0 Å². The molecule has 1 atom stereocenters.